The third-order valence-corrected chi connectivity index (χ3v) is 5.21. The Morgan fingerprint density at radius 3 is 2.72 bits per heavy atom. The fraction of sp³-hybridized carbons (Fsp3) is 0.261. The molecule has 1 N–H and O–H groups in total. The van der Waals surface area contributed by atoms with Crippen LogP contribution in [-0.4, -0.2) is 5.91 Å². The third-order valence-electron chi connectivity index (χ3n) is 5.21. The van der Waals surface area contributed by atoms with E-state index in [1.165, 1.54) is 27.5 Å². The topological polar surface area (TPSA) is 29.1 Å². The summed E-state index contributed by atoms with van der Waals surface area (Å²) >= 11 is 0. The van der Waals surface area contributed by atoms with Gasteiger partial charge in [-0.2, -0.15) is 0 Å². The van der Waals surface area contributed by atoms with Crippen LogP contribution in [0.3, 0.4) is 0 Å². The van der Waals surface area contributed by atoms with Crippen molar-refractivity contribution in [3.8, 4) is 0 Å². The predicted octanol–water partition coefficient (Wildman–Crippen LogP) is 4.97. The molecule has 0 aliphatic heterocycles. The van der Waals surface area contributed by atoms with Crippen LogP contribution in [0.25, 0.3) is 10.8 Å². The van der Waals surface area contributed by atoms with Gasteiger partial charge >= 0.3 is 0 Å². The Morgan fingerprint density at radius 2 is 1.76 bits per heavy atom. The summed E-state index contributed by atoms with van der Waals surface area (Å²) < 4.78 is 0. The van der Waals surface area contributed by atoms with Crippen molar-refractivity contribution in [3.05, 3.63) is 83.4 Å². The van der Waals surface area contributed by atoms with Gasteiger partial charge in [0.25, 0.3) is 0 Å². The zero-order valence-corrected chi connectivity index (χ0v) is 14.4. The molecular weight excluding hydrogens is 306 g/mol. The van der Waals surface area contributed by atoms with Gasteiger partial charge in [0.2, 0.25) is 5.91 Å². The lowest BCUT2D eigenvalue weighted by Crippen LogP contribution is -2.31. The first-order chi connectivity index (χ1) is 12.3. The minimum absolute atomic E-state index is 0.148. The van der Waals surface area contributed by atoms with Crippen molar-refractivity contribution in [2.75, 3.05) is 0 Å². The zero-order chi connectivity index (χ0) is 17.1. The number of hydrogen-bond donors (Lipinski definition) is 1. The molecule has 3 aromatic carbocycles. The first kappa shape index (κ1) is 15.9. The number of rotatable bonds is 4. The standard InChI is InChI=1S/C23H23NO/c25-23(24-22-14-6-11-18-8-2-4-13-21(18)22)16-15-19-10-5-9-17-7-1-3-12-20(17)19/h1-5,7-10,12-13,22H,6,11,14-16H2,(H,24,25). The maximum atomic E-state index is 12.5. The van der Waals surface area contributed by atoms with Gasteiger partial charge in [0.15, 0.2) is 0 Å². The molecule has 2 heteroatoms. The fourth-order valence-electron chi connectivity index (χ4n) is 3.93. The fourth-order valence-corrected chi connectivity index (χ4v) is 3.93. The van der Waals surface area contributed by atoms with Crippen LogP contribution in [0.5, 0.6) is 0 Å². The van der Waals surface area contributed by atoms with E-state index in [2.05, 4.69) is 72.0 Å². The van der Waals surface area contributed by atoms with Crippen molar-refractivity contribution in [3.63, 3.8) is 0 Å². The van der Waals surface area contributed by atoms with E-state index in [0.717, 1.165) is 25.7 Å². The Bertz CT molecular complexity index is 894. The largest absolute Gasteiger partial charge is 0.349 e. The Hall–Kier alpha value is -2.61. The van der Waals surface area contributed by atoms with E-state index in [-0.39, 0.29) is 11.9 Å². The van der Waals surface area contributed by atoms with E-state index >= 15 is 0 Å². The van der Waals surface area contributed by atoms with Crippen molar-refractivity contribution < 1.29 is 4.79 Å². The highest BCUT2D eigenvalue weighted by molar-refractivity contribution is 5.86. The first-order valence-corrected chi connectivity index (χ1v) is 9.15. The highest BCUT2D eigenvalue weighted by Gasteiger charge is 2.21. The molecule has 126 valence electrons. The van der Waals surface area contributed by atoms with Crippen LogP contribution in [0.4, 0.5) is 0 Å². The van der Waals surface area contributed by atoms with Gasteiger partial charge in [-0.25, -0.2) is 0 Å². The molecule has 0 spiro atoms. The van der Waals surface area contributed by atoms with Crippen molar-refractivity contribution in [1.29, 1.82) is 0 Å². The van der Waals surface area contributed by atoms with Gasteiger partial charge in [0, 0.05) is 6.42 Å². The highest BCUT2D eigenvalue weighted by atomic mass is 16.1. The van der Waals surface area contributed by atoms with Crippen molar-refractivity contribution in [1.82, 2.24) is 5.32 Å². The summed E-state index contributed by atoms with van der Waals surface area (Å²) in [6.45, 7) is 0. The lowest BCUT2D eigenvalue weighted by molar-refractivity contribution is -0.121. The molecule has 0 heterocycles. The minimum atomic E-state index is 0.148. The molecule has 1 unspecified atom stereocenters. The molecular formula is C23H23NO. The Labute approximate surface area is 148 Å². The second kappa shape index (κ2) is 7.10. The van der Waals surface area contributed by atoms with Gasteiger partial charge in [0.1, 0.15) is 0 Å². The summed E-state index contributed by atoms with van der Waals surface area (Å²) in [5.74, 6) is 0.148. The van der Waals surface area contributed by atoms with Gasteiger partial charge in [-0.05, 0) is 53.1 Å². The number of amides is 1. The van der Waals surface area contributed by atoms with Crippen molar-refractivity contribution >= 4 is 16.7 Å². The van der Waals surface area contributed by atoms with Crippen LogP contribution in [0, 0.1) is 0 Å². The number of aryl methyl sites for hydroxylation is 2. The molecule has 0 bridgehead atoms. The SMILES string of the molecule is O=C(CCc1cccc2ccccc12)NC1CCCc2ccccc21. The smallest absolute Gasteiger partial charge is 0.220 e. The van der Waals surface area contributed by atoms with Crippen LogP contribution < -0.4 is 5.32 Å². The van der Waals surface area contributed by atoms with E-state index in [1.54, 1.807) is 0 Å². The van der Waals surface area contributed by atoms with Gasteiger partial charge in [0.05, 0.1) is 6.04 Å². The molecule has 1 amide bonds. The Balaban J connectivity index is 1.43. The van der Waals surface area contributed by atoms with Gasteiger partial charge in [-0.15, -0.1) is 0 Å². The average Bonchev–Trinajstić information content (AvgIpc) is 2.66. The maximum Gasteiger partial charge on any atom is 0.220 e. The normalized spacial score (nSPS) is 16.4. The molecule has 0 aromatic heterocycles. The van der Waals surface area contributed by atoms with Crippen LogP contribution in [0.15, 0.2) is 66.7 Å². The molecule has 0 saturated heterocycles. The summed E-state index contributed by atoms with van der Waals surface area (Å²) in [6.07, 6.45) is 4.62. The second-order valence-electron chi connectivity index (χ2n) is 6.85. The number of benzene rings is 3. The highest BCUT2D eigenvalue weighted by Crippen LogP contribution is 2.29. The van der Waals surface area contributed by atoms with E-state index in [0.29, 0.717) is 6.42 Å². The molecule has 2 nitrogen and oxygen atoms in total. The number of fused-ring (bicyclic) bond motifs is 2. The predicted molar refractivity (Wildman–Crippen MR) is 103 cm³/mol. The van der Waals surface area contributed by atoms with E-state index in [1.807, 2.05) is 0 Å². The van der Waals surface area contributed by atoms with Crippen molar-refractivity contribution in [2.45, 2.75) is 38.1 Å². The zero-order valence-electron chi connectivity index (χ0n) is 14.4. The summed E-state index contributed by atoms with van der Waals surface area (Å²) in [6, 6.07) is 23.4. The molecule has 1 aliphatic carbocycles. The number of nitrogens with one attached hydrogen (secondary N) is 1. The quantitative estimate of drug-likeness (QED) is 0.719. The molecule has 0 saturated carbocycles. The lowest BCUT2D eigenvalue weighted by Gasteiger charge is -2.26. The van der Waals surface area contributed by atoms with E-state index < -0.39 is 0 Å². The molecule has 1 aliphatic rings. The third kappa shape index (κ3) is 3.43. The monoisotopic (exact) mass is 329 g/mol. The van der Waals surface area contributed by atoms with Crippen molar-refractivity contribution in [2.24, 2.45) is 0 Å². The van der Waals surface area contributed by atoms with Gasteiger partial charge < -0.3 is 5.32 Å². The lowest BCUT2D eigenvalue weighted by atomic mass is 9.87. The molecule has 4 rings (SSSR count). The molecule has 25 heavy (non-hydrogen) atoms. The van der Waals surface area contributed by atoms with Crippen LogP contribution in [0.1, 0.15) is 42.0 Å². The molecule has 0 fully saturated rings. The number of hydrogen-bond acceptors (Lipinski definition) is 1. The van der Waals surface area contributed by atoms with Gasteiger partial charge in [-0.3, -0.25) is 4.79 Å². The molecule has 0 radical (unpaired) electrons. The van der Waals surface area contributed by atoms with Crippen LogP contribution in [-0.2, 0) is 17.6 Å². The summed E-state index contributed by atoms with van der Waals surface area (Å²) in [7, 11) is 0. The number of carbonyl (C=O) groups excluding carboxylic acids is 1. The summed E-state index contributed by atoms with van der Waals surface area (Å²) in [4.78, 5) is 12.5. The van der Waals surface area contributed by atoms with E-state index in [4.69, 9.17) is 0 Å². The Morgan fingerprint density at radius 1 is 0.960 bits per heavy atom. The first-order valence-electron chi connectivity index (χ1n) is 9.15. The Kier molecular flexibility index (Phi) is 4.51. The van der Waals surface area contributed by atoms with Crippen LogP contribution in [0.2, 0.25) is 0 Å². The molecule has 1 atom stereocenters. The maximum absolute atomic E-state index is 12.5. The second-order valence-corrected chi connectivity index (χ2v) is 6.85. The molecule has 3 aromatic rings. The number of carbonyl (C=O) groups is 1. The summed E-state index contributed by atoms with van der Waals surface area (Å²) in [5, 5.41) is 5.74. The minimum Gasteiger partial charge on any atom is -0.349 e. The van der Waals surface area contributed by atoms with Crippen LogP contribution >= 0.6 is 0 Å². The average molecular weight is 329 g/mol. The summed E-state index contributed by atoms with van der Waals surface area (Å²) in [5.41, 5.74) is 3.93. The van der Waals surface area contributed by atoms with Gasteiger partial charge in [-0.1, -0.05) is 66.7 Å². The van der Waals surface area contributed by atoms with E-state index in [9.17, 15) is 4.79 Å².